The van der Waals surface area contributed by atoms with Gasteiger partial charge in [0, 0.05) is 23.5 Å². The number of piperidine rings is 1. The van der Waals surface area contributed by atoms with Crippen molar-refractivity contribution >= 4 is 17.5 Å². The summed E-state index contributed by atoms with van der Waals surface area (Å²) in [5.41, 5.74) is 1.44. The second kappa shape index (κ2) is 4.82. The van der Waals surface area contributed by atoms with E-state index in [4.69, 9.17) is 11.6 Å². The molecule has 2 aromatic carbocycles. The van der Waals surface area contributed by atoms with E-state index in [9.17, 15) is 9.18 Å². The van der Waals surface area contributed by atoms with Crippen LogP contribution >= 0.6 is 11.6 Å². The van der Waals surface area contributed by atoms with Gasteiger partial charge in [-0.15, -0.1) is 0 Å². The van der Waals surface area contributed by atoms with Gasteiger partial charge < -0.3 is 4.90 Å². The van der Waals surface area contributed by atoms with Crippen LogP contribution < -0.4 is 0 Å². The van der Waals surface area contributed by atoms with Gasteiger partial charge in [0.05, 0.1) is 5.56 Å². The van der Waals surface area contributed by atoms with E-state index >= 15 is 0 Å². The maximum Gasteiger partial charge on any atom is 0.256 e. The van der Waals surface area contributed by atoms with Crippen LogP contribution in [0.15, 0.2) is 48.5 Å². The zero-order chi connectivity index (χ0) is 15.3. The first-order valence-electron chi connectivity index (χ1n) is 7.40. The summed E-state index contributed by atoms with van der Waals surface area (Å²) in [6.45, 7) is 1.36. The minimum atomic E-state index is -0.450. The van der Waals surface area contributed by atoms with Crippen LogP contribution in [-0.2, 0) is 5.41 Å². The van der Waals surface area contributed by atoms with E-state index in [0.29, 0.717) is 19.0 Å². The molecule has 0 bridgehead atoms. The van der Waals surface area contributed by atoms with E-state index in [1.165, 1.54) is 11.6 Å². The van der Waals surface area contributed by atoms with Crippen molar-refractivity contribution in [3.8, 4) is 0 Å². The van der Waals surface area contributed by atoms with Crippen molar-refractivity contribution in [1.82, 2.24) is 4.90 Å². The number of nitrogens with zero attached hydrogens (tertiary/aromatic N) is 1. The van der Waals surface area contributed by atoms with Crippen molar-refractivity contribution in [2.45, 2.75) is 11.8 Å². The van der Waals surface area contributed by atoms with Crippen LogP contribution in [0.1, 0.15) is 22.3 Å². The fourth-order valence-electron chi connectivity index (χ4n) is 3.67. The van der Waals surface area contributed by atoms with Gasteiger partial charge in [-0.1, -0.05) is 35.9 Å². The van der Waals surface area contributed by atoms with Crippen LogP contribution in [0.3, 0.4) is 0 Å². The van der Waals surface area contributed by atoms with Gasteiger partial charge in [0.15, 0.2) is 0 Å². The maximum absolute atomic E-state index is 13.8. The summed E-state index contributed by atoms with van der Waals surface area (Å²) in [7, 11) is 0. The van der Waals surface area contributed by atoms with Crippen molar-refractivity contribution in [3.05, 3.63) is 70.5 Å². The van der Waals surface area contributed by atoms with Gasteiger partial charge in [0.2, 0.25) is 0 Å². The normalized spacial score (nSPS) is 25.9. The first kappa shape index (κ1) is 13.8. The lowest BCUT2D eigenvalue weighted by Gasteiger charge is -2.21. The lowest BCUT2D eigenvalue weighted by atomic mass is 9.95. The van der Waals surface area contributed by atoms with Gasteiger partial charge in [-0.05, 0) is 42.2 Å². The summed E-state index contributed by atoms with van der Waals surface area (Å²) in [6, 6.07) is 14.0. The van der Waals surface area contributed by atoms with E-state index in [2.05, 4.69) is 0 Å². The first-order chi connectivity index (χ1) is 10.6. The second-order valence-electron chi connectivity index (χ2n) is 6.23. The van der Waals surface area contributed by atoms with E-state index in [0.717, 1.165) is 11.4 Å². The van der Waals surface area contributed by atoms with Crippen LogP contribution in [0, 0.1) is 11.7 Å². The molecule has 2 aliphatic rings. The van der Waals surface area contributed by atoms with Crippen molar-refractivity contribution in [1.29, 1.82) is 0 Å². The fraction of sp³-hybridized carbons (Fsp3) is 0.278. The van der Waals surface area contributed by atoms with Crippen molar-refractivity contribution in [2.24, 2.45) is 5.92 Å². The number of hydrogen-bond donors (Lipinski definition) is 0. The molecule has 22 heavy (non-hydrogen) atoms. The van der Waals surface area contributed by atoms with E-state index < -0.39 is 5.82 Å². The highest BCUT2D eigenvalue weighted by atomic mass is 35.5. The molecule has 1 heterocycles. The molecule has 1 aliphatic carbocycles. The quantitative estimate of drug-likeness (QED) is 0.823. The highest BCUT2D eigenvalue weighted by Gasteiger charge is 2.61. The molecule has 1 saturated carbocycles. The Hall–Kier alpha value is -1.87. The molecular formula is C18H15ClFNO. The molecule has 4 heteroatoms. The topological polar surface area (TPSA) is 20.3 Å². The number of rotatable bonds is 2. The number of carbonyl (C=O) groups is 1. The molecule has 2 unspecified atom stereocenters. The average molecular weight is 316 g/mol. The number of fused-ring (bicyclic) bond motifs is 1. The predicted molar refractivity (Wildman–Crippen MR) is 83.5 cm³/mol. The maximum atomic E-state index is 13.8. The van der Waals surface area contributed by atoms with Gasteiger partial charge in [-0.3, -0.25) is 4.79 Å². The Kier molecular flexibility index (Phi) is 3.01. The molecular weight excluding hydrogens is 301 g/mol. The lowest BCUT2D eigenvalue weighted by molar-refractivity contribution is 0.0767. The Morgan fingerprint density at radius 3 is 2.64 bits per heavy atom. The Morgan fingerprint density at radius 1 is 1.18 bits per heavy atom. The summed E-state index contributed by atoms with van der Waals surface area (Å²) >= 11 is 5.95. The Balaban J connectivity index is 1.58. The monoisotopic (exact) mass is 315 g/mol. The molecule has 2 atom stereocenters. The number of benzene rings is 2. The largest absolute Gasteiger partial charge is 0.337 e. The Morgan fingerprint density at radius 2 is 1.91 bits per heavy atom. The van der Waals surface area contributed by atoms with Crippen LogP contribution in [0.4, 0.5) is 4.39 Å². The van der Waals surface area contributed by atoms with E-state index in [1.54, 1.807) is 23.1 Å². The molecule has 4 rings (SSSR count). The van der Waals surface area contributed by atoms with Gasteiger partial charge >= 0.3 is 0 Å². The number of carbonyl (C=O) groups excluding carboxylic acids is 1. The highest BCUT2D eigenvalue weighted by molar-refractivity contribution is 6.30. The first-order valence-corrected chi connectivity index (χ1v) is 7.78. The minimum Gasteiger partial charge on any atom is -0.337 e. The number of amides is 1. The van der Waals surface area contributed by atoms with Crippen molar-refractivity contribution in [2.75, 3.05) is 13.1 Å². The van der Waals surface area contributed by atoms with E-state index in [-0.39, 0.29) is 16.9 Å². The summed E-state index contributed by atoms with van der Waals surface area (Å²) in [5.74, 6) is -0.184. The summed E-state index contributed by atoms with van der Waals surface area (Å²) in [4.78, 5) is 14.3. The van der Waals surface area contributed by atoms with Crippen molar-refractivity contribution in [3.63, 3.8) is 0 Å². The zero-order valence-electron chi connectivity index (χ0n) is 11.9. The third kappa shape index (κ3) is 2.03. The van der Waals surface area contributed by atoms with Crippen LogP contribution in [0.25, 0.3) is 0 Å². The van der Waals surface area contributed by atoms with E-state index in [1.807, 2.05) is 24.3 Å². The highest BCUT2D eigenvalue weighted by Crippen LogP contribution is 2.59. The molecule has 0 radical (unpaired) electrons. The average Bonchev–Trinajstić information content (AvgIpc) is 3.09. The fourth-order valence-corrected chi connectivity index (χ4v) is 3.80. The molecule has 2 aromatic rings. The Bertz CT molecular complexity index is 745. The molecule has 2 fully saturated rings. The van der Waals surface area contributed by atoms with Crippen LogP contribution in [-0.4, -0.2) is 23.9 Å². The van der Waals surface area contributed by atoms with Gasteiger partial charge in [-0.2, -0.15) is 0 Å². The lowest BCUT2D eigenvalue weighted by Crippen LogP contribution is -2.33. The molecule has 1 saturated heterocycles. The summed E-state index contributed by atoms with van der Waals surface area (Å²) in [6.07, 6.45) is 1.09. The van der Waals surface area contributed by atoms with Gasteiger partial charge in [-0.25, -0.2) is 4.39 Å². The molecule has 112 valence electrons. The standard InChI is InChI=1S/C18H15ClFNO/c19-14-7-5-12(6-8-14)18-9-13(18)10-21(11-18)17(22)15-3-1-2-4-16(15)20/h1-8,13H,9-11H2. The molecule has 0 N–H and O–H groups in total. The van der Waals surface area contributed by atoms with Gasteiger partial charge in [0.1, 0.15) is 5.82 Å². The van der Waals surface area contributed by atoms with Gasteiger partial charge in [0.25, 0.3) is 5.91 Å². The second-order valence-corrected chi connectivity index (χ2v) is 6.67. The predicted octanol–water partition coefficient (Wildman–Crippen LogP) is 3.89. The Labute approximate surface area is 133 Å². The minimum absolute atomic E-state index is 0.0471. The smallest absolute Gasteiger partial charge is 0.256 e. The molecule has 2 nitrogen and oxygen atoms in total. The molecule has 0 aromatic heterocycles. The summed E-state index contributed by atoms with van der Waals surface area (Å²) < 4.78 is 13.8. The number of hydrogen-bond acceptors (Lipinski definition) is 1. The molecule has 1 amide bonds. The zero-order valence-corrected chi connectivity index (χ0v) is 12.7. The van der Waals surface area contributed by atoms with Crippen LogP contribution in [0.2, 0.25) is 5.02 Å². The van der Waals surface area contributed by atoms with Crippen molar-refractivity contribution < 1.29 is 9.18 Å². The third-order valence-electron chi connectivity index (χ3n) is 4.96. The number of likely N-dealkylation sites (tertiary alicyclic amines) is 1. The molecule has 0 spiro atoms. The number of halogens is 2. The molecule has 1 aliphatic heterocycles. The SMILES string of the molecule is O=C(c1ccccc1F)N1CC2CC2(c2ccc(Cl)cc2)C1. The van der Waals surface area contributed by atoms with Crippen LogP contribution in [0.5, 0.6) is 0 Å². The summed E-state index contributed by atoms with van der Waals surface area (Å²) in [5, 5.41) is 0.717. The third-order valence-corrected chi connectivity index (χ3v) is 5.21.